The molecule has 15 heteroatoms. The quantitative estimate of drug-likeness (QED) is 0.0210. The highest BCUT2D eigenvalue weighted by Crippen LogP contribution is 2.44. The van der Waals surface area contributed by atoms with E-state index in [0.717, 1.165) is 38.9 Å². The molecule has 1 unspecified atom stereocenters. The highest BCUT2D eigenvalue weighted by Gasteiger charge is 2.55. The number of hydrogen-bond acceptors (Lipinski definition) is 13. The van der Waals surface area contributed by atoms with E-state index in [1.165, 1.54) is 34.9 Å². The van der Waals surface area contributed by atoms with E-state index >= 15 is 4.79 Å². The van der Waals surface area contributed by atoms with Crippen molar-refractivity contribution in [3.63, 3.8) is 0 Å². The van der Waals surface area contributed by atoms with Gasteiger partial charge in [0.05, 0.1) is 5.41 Å². The highest BCUT2D eigenvalue weighted by molar-refractivity contribution is 8.00. The van der Waals surface area contributed by atoms with Gasteiger partial charge < -0.3 is 24.9 Å². The molecule has 2 N–H and O–H groups in total. The summed E-state index contributed by atoms with van der Waals surface area (Å²) < 4.78 is 11.2. The van der Waals surface area contributed by atoms with Crippen LogP contribution in [0, 0.1) is 5.41 Å². The number of ether oxygens (including phenoxy) is 2. The maximum absolute atomic E-state index is 15.4. The largest absolute Gasteiger partial charge is 0.425 e. The summed E-state index contributed by atoms with van der Waals surface area (Å²) >= 11 is 2.65. The summed E-state index contributed by atoms with van der Waals surface area (Å²) in [6, 6.07) is 61.8. The second-order valence-electron chi connectivity index (χ2n) is 19.8. The number of amides is 2. The number of anilines is 1. The molecule has 79 heavy (non-hydrogen) atoms. The first-order valence-electron chi connectivity index (χ1n) is 25.7. The first-order chi connectivity index (χ1) is 38.4. The molecule has 3 atom stereocenters. The number of oxime groups is 1. The molecule has 396 valence electrons. The van der Waals surface area contributed by atoms with E-state index in [1.54, 1.807) is 56.8 Å². The number of carbonyl (C=O) groups is 4. The molecule has 4 heterocycles. The van der Waals surface area contributed by atoms with Crippen LogP contribution >= 0.6 is 23.1 Å². The van der Waals surface area contributed by atoms with Crippen LogP contribution in [0.1, 0.15) is 72.3 Å². The summed E-state index contributed by atoms with van der Waals surface area (Å²) in [5, 5.41) is 13.1. The number of hydrogen-bond donors (Lipinski definition) is 2. The molecule has 13 nitrogen and oxygen atoms in total. The lowest BCUT2D eigenvalue weighted by molar-refractivity contribution is -0.190. The molecular formula is C64H56N6O7S2. The number of esters is 2. The van der Waals surface area contributed by atoms with Gasteiger partial charge in [-0.3, -0.25) is 24.3 Å². The highest BCUT2D eigenvalue weighted by atomic mass is 32.2. The van der Waals surface area contributed by atoms with Gasteiger partial charge in [0.15, 0.2) is 10.8 Å². The van der Waals surface area contributed by atoms with Gasteiger partial charge in [-0.1, -0.05) is 205 Å². The van der Waals surface area contributed by atoms with Crippen molar-refractivity contribution >= 4 is 63.8 Å². The fraction of sp³-hybridized carbons (Fsp3) is 0.172. The monoisotopic (exact) mass is 1080 g/mol. The van der Waals surface area contributed by atoms with Crippen LogP contribution in [0.15, 0.2) is 234 Å². The number of β-lactam (4-membered cyclic amide) rings is 1. The number of thioether (sulfide) groups is 1. The number of thiazole rings is 1. The van der Waals surface area contributed by atoms with E-state index in [-0.39, 0.29) is 22.9 Å². The number of allylic oxidation sites excluding steroid dienone is 1. The number of nitrogens with zero attached hydrogens (tertiary/aromatic N) is 4. The lowest BCUT2D eigenvalue weighted by atomic mass is 9.77. The minimum absolute atomic E-state index is 0.0393. The average Bonchev–Trinajstić information content (AvgIpc) is 4.11. The number of nitrogens with one attached hydrogen (secondary N) is 2. The van der Waals surface area contributed by atoms with Gasteiger partial charge in [-0.15, -0.1) is 23.1 Å². The first-order valence-corrected chi connectivity index (χ1v) is 27.6. The molecule has 0 spiro atoms. The van der Waals surface area contributed by atoms with Gasteiger partial charge in [0.1, 0.15) is 28.3 Å². The molecule has 10 rings (SSSR count). The van der Waals surface area contributed by atoms with E-state index in [0.29, 0.717) is 10.7 Å². The second kappa shape index (κ2) is 23.4. The third kappa shape index (κ3) is 11.1. The SMILES string of the molecule is CC(OC(=O)C1=C(/C=C\c2cccnc2)CS[C@H]2[C@H](NC(=O)C(=NOC(c3ccccc3)(c3ccccc3)c3ccccc3)c3csc(NC(c4ccccc4)(c4ccccc4)c4ccccc4)n3)C(=O)N12)OC(=O)C(C)(C)C. The van der Waals surface area contributed by atoms with Gasteiger partial charge >= 0.3 is 11.9 Å². The van der Waals surface area contributed by atoms with Crippen LogP contribution in [-0.2, 0) is 44.6 Å². The van der Waals surface area contributed by atoms with Gasteiger partial charge in [0, 0.05) is 47.1 Å². The van der Waals surface area contributed by atoms with Gasteiger partial charge in [-0.2, -0.15) is 0 Å². The van der Waals surface area contributed by atoms with Crippen LogP contribution in [0.4, 0.5) is 5.13 Å². The zero-order valence-corrected chi connectivity index (χ0v) is 45.4. The topological polar surface area (TPSA) is 161 Å². The van der Waals surface area contributed by atoms with Crippen molar-refractivity contribution < 1.29 is 33.5 Å². The van der Waals surface area contributed by atoms with Crippen LogP contribution in [0.2, 0.25) is 0 Å². The Kier molecular flexibility index (Phi) is 15.8. The maximum Gasteiger partial charge on any atom is 0.358 e. The molecule has 1 saturated heterocycles. The van der Waals surface area contributed by atoms with E-state index in [2.05, 4.69) is 52.0 Å². The number of rotatable bonds is 18. The molecule has 1 fully saturated rings. The molecule has 2 aliphatic rings. The third-order valence-electron chi connectivity index (χ3n) is 13.5. The zero-order valence-electron chi connectivity index (χ0n) is 43.8. The predicted molar refractivity (Wildman–Crippen MR) is 308 cm³/mol. The predicted octanol–water partition coefficient (Wildman–Crippen LogP) is 11.5. The van der Waals surface area contributed by atoms with Crippen molar-refractivity contribution in [2.24, 2.45) is 10.6 Å². The van der Waals surface area contributed by atoms with Crippen LogP contribution in [-0.4, -0.2) is 67.8 Å². The summed E-state index contributed by atoms with van der Waals surface area (Å²) in [6.45, 7) is 6.52. The Morgan fingerprint density at radius 1 is 0.684 bits per heavy atom. The van der Waals surface area contributed by atoms with Crippen molar-refractivity contribution in [2.75, 3.05) is 11.1 Å². The van der Waals surface area contributed by atoms with E-state index < -0.39 is 58.0 Å². The molecular weight excluding hydrogens is 1030 g/mol. The third-order valence-corrected chi connectivity index (χ3v) is 15.5. The summed E-state index contributed by atoms with van der Waals surface area (Å²) in [5.74, 6) is -2.52. The van der Waals surface area contributed by atoms with E-state index in [9.17, 15) is 14.4 Å². The number of carbonyl (C=O) groups excluding carboxylic acids is 4. The summed E-state index contributed by atoms with van der Waals surface area (Å²) in [6.07, 6.45) is 5.56. The summed E-state index contributed by atoms with van der Waals surface area (Å²) in [7, 11) is 0. The molecule has 2 amide bonds. The standard InChI is InChI=1S/C64H56N6O7S2/c1-43(76-60(74)62(2,3)4)75-59(73)55-45(38-37-44-24-23-39-65-40-44)41-78-58-54(57(72)70(55)58)67-56(71)53(69-77-64(49-31-17-8-18-32-49,50-33-19-9-20-34-50)51-35-21-10-22-36-51)52-42-79-61(66-52)68-63(46-25-11-5-12-26-46,47-27-13-6-14-28-47)48-29-15-7-16-30-48/h5-40,42-43,54,58H,41H2,1-4H3,(H,66,68)(H,67,71)/b38-37-,69-53?/t43?,54-,58+/m1/s1. The number of fused-ring (bicyclic) bond motifs is 1. The van der Waals surface area contributed by atoms with Crippen LogP contribution < -0.4 is 10.6 Å². The molecule has 0 saturated carbocycles. The fourth-order valence-electron chi connectivity index (χ4n) is 9.58. The Bertz CT molecular complexity index is 3330. The Morgan fingerprint density at radius 3 is 1.67 bits per heavy atom. The van der Waals surface area contributed by atoms with Crippen molar-refractivity contribution in [1.82, 2.24) is 20.2 Å². The van der Waals surface area contributed by atoms with Crippen LogP contribution in [0.25, 0.3) is 6.08 Å². The van der Waals surface area contributed by atoms with Gasteiger partial charge in [-0.25, -0.2) is 9.78 Å². The van der Waals surface area contributed by atoms with Crippen molar-refractivity contribution in [2.45, 2.75) is 56.5 Å². The Hall–Kier alpha value is -8.92. The van der Waals surface area contributed by atoms with Crippen LogP contribution in [0.5, 0.6) is 0 Å². The van der Waals surface area contributed by atoms with Crippen molar-refractivity contribution in [3.05, 3.63) is 274 Å². The smallest absolute Gasteiger partial charge is 0.358 e. The molecule has 0 bridgehead atoms. The lowest BCUT2D eigenvalue weighted by Crippen LogP contribution is -2.71. The molecule has 6 aromatic carbocycles. The number of pyridine rings is 1. The van der Waals surface area contributed by atoms with Gasteiger partial charge in [0.25, 0.3) is 11.8 Å². The van der Waals surface area contributed by atoms with Crippen LogP contribution in [0.3, 0.4) is 0 Å². The second-order valence-corrected chi connectivity index (χ2v) is 21.8. The Labute approximate surface area is 467 Å². The fourth-order valence-corrected chi connectivity index (χ4v) is 11.6. The van der Waals surface area contributed by atoms with Crippen molar-refractivity contribution in [3.8, 4) is 0 Å². The van der Waals surface area contributed by atoms with Gasteiger partial charge in [-0.05, 0) is 54.7 Å². The number of aromatic nitrogens is 2. The van der Waals surface area contributed by atoms with Crippen molar-refractivity contribution in [1.29, 1.82) is 0 Å². The Balaban J connectivity index is 1.05. The molecule has 0 radical (unpaired) electrons. The first kappa shape index (κ1) is 53.5. The Morgan fingerprint density at radius 2 is 1.19 bits per heavy atom. The molecule has 0 aliphatic carbocycles. The average molecular weight is 1090 g/mol. The molecule has 8 aromatic rings. The van der Waals surface area contributed by atoms with Gasteiger partial charge in [0.2, 0.25) is 11.9 Å². The molecule has 2 aromatic heterocycles. The van der Waals surface area contributed by atoms with E-state index in [1.807, 2.05) is 152 Å². The minimum Gasteiger partial charge on any atom is -0.425 e. The summed E-state index contributed by atoms with van der Waals surface area (Å²) in [4.78, 5) is 74.8. The summed E-state index contributed by atoms with van der Waals surface area (Å²) in [5.41, 5.74) is 3.01. The number of benzene rings is 6. The minimum atomic E-state index is -1.39. The molecule has 2 aliphatic heterocycles. The lowest BCUT2D eigenvalue weighted by Gasteiger charge is -2.49. The van der Waals surface area contributed by atoms with E-state index in [4.69, 9.17) is 24.5 Å². The zero-order chi connectivity index (χ0) is 55.0. The maximum atomic E-state index is 15.4. The normalized spacial score (nSPS) is 16.1.